The highest BCUT2D eigenvalue weighted by Crippen LogP contribution is 2.14. The number of rotatable bonds is 6. The van der Waals surface area contributed by atoms with Gasteiger partial charge in [0.1, 0.15) is 6.04 Å². The van der Waals surface area contributed by atoms with Crippen molar-refractivity contribution in [3.63, 3.8) is 0 Å². The van der Waals surface area contributed by atoms with Gasteiger partial charge in [-0.2, -0.15) is 5.26 Å². The second-order valence-electron chi connectivity index (χ2n) is 3.42. The number of aliphatic hydroxyl groups is 1. The summed E-state index contributed by atoms with van der Waals surface area (Å²) in [6.07, 6.45) is 0. The Kier molecular flexibility index (Phi) is 5.51. The zero-order valence-corrected chi connectivity index (χ0v) is 9.31. The lowest BCUT2D eigenvalue weighted by molar-refractivity contribution is 0.185. The first-order chi connectivity index (χ1) is 7.81. The molecule has 0 amide bonds. The molecule has 4 heteroatoms. The minimum absolute atomic E-state index is 0.0238. The van der Waals surface area contributed by atoms with E-state index in [2.05, 4.69) is 11.4 Å². The van der Waals surface area contributed by atoms with Crippen LogP contribution in [0.2, 0.25) is 0 Å². The summed E-state index contributed by atoms with van der Waals surface area (Å²) < 4.78 is 5.03. The molecule has 2 N–H and O–H groups in total. The Morgan fingerprint density at radius 3 is 3.00 bits per heavy atom. The minimum atomic E-state index is -0.385. The quantitative estimate of drug-likeness (QED) is 0.750. The second kappa shape index (κ2) is 6.96. The molecular formula is C12H16N2O2. The van der Waals surface area contributed by atoms with Crippen LogP contribution in [0.5, 0.6) is 0 Å². The van der Waals surface area contributed by atoms with Gasteiger partial charge in [0.2, 0.25) is 0 Å². The maximum atomic E-state index is 9.00. The Morgan fingerprint density at radius 1 is 1.56 bits per heavy atom. The molecule has 86 valence electrons. The van der Waals surface area contributed by atoms with E-state index in [4.69, 9.17) is 15.1 Å². The molecule has 1 atom stereocenters. The summed E-state index contributed by atoms with van der Waals surface area (Å²) in [6.45, 7) is 0.967. The molecule has 0 saturated carbocycles. The molecule has 1 unspecified atom stereocenters. The molecule has 0 aliphatic rings. The molecule has 0 saturated heterocycles. The monoisotopic (exact) mass is 220 g/mol. The van der Waals surface area contributed by atoms with Gasteiger partial charge in [-0.3, -0.25) is 5.32 Å². The fourth-order valence-electron chi connectivity index (χ4n) is 1.48. The van der Waals surface area contributed by atoms with Crippen LogP contribution in [0.15, 0.2) is 24.3 Å². The molecule has 0 aromatic heterocycles. The Hall–Kier alpha value is -1.41. The van der Waals surface area contributed by atoms with E-state index in [9.17, 15) is 0 Å². The molecule has 0 spiro atoms. The number of methoxy groups -OCH3 is 1. The van der Waals surface area contributed by atoms with E-state index in [0.29, 0.717) is 13.2 Å². The van der Waals surface area contributed by atoms with Gasteiger partial charge in [-0.25, -0.2) is 0 Å². The lowest BCUT2D eigenvalue weighted by atomic mass is 10.1. The Bertz CT molecular complexity index is 360. The van der Waals surface area contributed by atoms with Crippen LogP contribution in [0.3, 0.4) is 0 Å². The number of hydrogen-bond acceptors (Lipinski definition) is 4. The largest absolute Gasteiger partial charge is 0.395 e. The molecule has 1 aromatic rings. The number of nitrogens with zero attached hydrogens (tertiary/aromatic N) is 1. The summed E-state index contributed by atoms with van der Waals surface area (Å²) in [7, 11) is 1.64. The average molecular weight is 220 g/mol. The number of ether oxygens (including phenoxy) is 1. The second-order valence-corrected chi connectivity index (χ2v) is 3.42. The van der Waals surface area contributed by atoms with Crippen molar-refractivity contribution in [1.82, 2.24) is 5.32 Å². The van der Waals surface area contributed by atoms with E-state index in [1.807, 2.05) is 24.3 Å². The molecule has 0 aliphatic carbocycles. The molecule has 0 heterocycles. The summed E-state index contributed by atoms with van der Waals surface area (Å²) in [5, 5.41) is 20.7. The third-order valence-corrected chi connectivity index (χ3v) is 2.18. The van der Waals surface area contributed by atoms with E-state index in [0.717, 1.165) is 11.1 Å². The van der Waals surface area contributed by atoms with E-state index >= 15 is 0 Å². The van der Waals surface area contributed by atoms with Crippen LogP contribution in [0.1, 0.15) is 17.2 Å². The first-order valence-corrected chi connectivity index (χ1v) is 5.13. The van der Waals surface area contributed by atoms with E-state index in [1.54, 1.807) is 7.11 Å². The van der Waals surface area contributed by atoms with Gasteiger partial charge in [-0.1, -0.05) is 24.3 Å². The predicted octanol–water partition coefficient (Wildman–Crippen LogP) is 0.980. The van der Waals surface area contributed by atoms with Crippen molar-refractivity contribution >= 4 is 0 Å². The maximum absolute atomic E-state index is 9.00. The third kappa shape index (κ3) is 3.63. The van der Waals surface area contributed by atoms with E-state index in [-0.39, 0.29) is 12.6 Å². The van der Waals surface area contributed by atoms with Crippen molar-refractivity contribution in [2.24, 2.45) is 0 Å². The lowest BCUT2D eigenvalue weighted by Gasteiger charge is -2.11. The van der Waals surface area contributed by atoms with Crippen molar-refractivity contribution in [1.29, 1.82) is 5.26 Å². The van der Waals surface area contributed by atoms with Crippen LogP contribution in [-0.2, 0) is 11.3 Å². The smallest absolute Gasteiger partial charge is 0.121 e. The maximum Gasteiger partial charge on any atom is 0.121 e. The summed E-state index contributed by atoms with van der Waals surface area (Å²) in [4.78, 5) is 0. The SMILES string of the molecule is COCc1cccc(C(C#N)NCCO)c1. The number of aliphatic hydroxyl groups excluding tert-OH is 1. The number of nitriles is 1. The van der Waals surface area contributed by atoms with Gasteiger partial charge < -0.3 is 9.84 Å². The first-order valence-electron chi connectivity index (χ1n) is 5.13. The van der Waals surface area contributed by atoms with Crippen LogP contribution < -0.4 is 5.32 Å². The molecular weight excluding hydrogens is 204 g/mol. The molecule has 0 aliphatic heterocycles. The van der Waals surface area contributed by atoms with Crippen molar-refractivity contribution in [2.75, 3.05) is 20.3 Å². The van der Waals surface area contributed by atoms with Gasteiger partial charge in [-0.15, -0.1) is 0 Å². The van der Waals surface area contributed by atoms with Crippen LogP contribution in [0.25, 0.3) is 0 Å². The van der Waals surface area contributed by atoms with Crippen LogP contribution in [0.4, 0.5) is 0 Å². The number of nitrogens with one attached hydrogen (secondary N) is 1. The Labute approximate surface area is 95.5 Å². The van der Waals surface area contributed by atoms with Crippen molar-refractivity contribution in [2.45, 2.75) is 12.6 Å². The molecule has 4 nitrogen and oxygen atoms in total. The van der Waals surface area contributed by atoms with Gasteiger partial charge in [0.25, 0.3) is 0 Å². The number of benzene rings is 1. The fourth-order valence-corrected chi connectivity index (χ4v) is 1.48. The molecule has 16 heavy (non-hydrogen) atoms. The van der Waals surface area contributed by atoms with Crippen molar-refractivity contribution in [3.05, 3.63) is 35.4 Å². The zero-order valence-electron chi connectivity index (χ0n) is 9.31. The summed E-state index contributed by atoms with van der Waals surface area (Å²) in [5.74, 6) is 0. The van der Waals surface area contributed by atoms with E-state index < -0.39 is 0 Å². The molecule has 0 bridgehead atoms. The van der Waals surface area contributed by atoms with Gasteiger partial charge in [-0.05, 0) is 11.1 Å². The number of hydrogen-bond donors (Lipinski definition) is 2. The van der Waals surface area contributed by atoms with E-state index in [1.165, 1.54) is 0 Å². The molecule has 0 fully saturated rings. The highest BCUT2D eigenvalue weighted by Gasteiger charge is 2.09. The summed E-state index contributed by atoms with van der Waals surface area (Å²) >= 11 is 0. The van der Waals surface area contributed by atoms with Crippen LogP contribution >= 0.6 is 0 Å². The highest BCUT2D eigenvalue weighted by molar-refractivity contribution is 5.29. The first kappa shape index (κ1) is 12.7. The van der Waals surface area contributed by atoms with Crippen LogP contribution in [0, 0.1) is 11.3 Å². The highest BCUT2D eigenvalue weighted by atomic mass is 16.5. The van der Waals surface area contributed by atoms with Gasteiger partial charge in [0, 0.05) is 13.7 Å². The average Bonchev–Trinajstić information content (AvgIpc) is 2.31. The van der Waals surface area contributed by atoms with Crippen molar-refractivity contribution < 1.29 is 9.84 Å². The predicted molar refractivity (Wildman–Crippen MR) is 60.6 cm³/mol. The van der Waals surface area contributed by atoms with Gasteiger partial charge in [0.15, 0.2) is 0 Å². The molecule has 0 radical (unpaired) electrons. The standard InChI is InChI=1S/C12H16N2O2/c1-16-9-10-3-2-4-11(7-10)12(8-13)14-5-6-15/h2-4,7,12,14-15H,5-6,9H2,1H3. The Morgan fingerprint density at radius 2 is 2.38 bits per heavy atom. The fraction of sp³-hybridized carbons (Fsp3) is 0.417. The third-order valence-electron chi connectivity index (χ3n) is 2.18. The zero-order chi connectivity index (χ0) is 11.8. The summed E-state index contributed by atoms with van der Waals surface area (Å²) in [6, 6.07) is 9.44. The minimum Gasteiger partial charge on any atom is -0.395 e. The Balaban J connectivity index is 2.76. The molecule has 1 aromatic carbocycles. The van der Waals surface area contributed by atoms with Gasteiger partial charge >= 0.3 is 0 Å². The molecule has 1 rings (SSSR count). The lowest BCUT2D eigenvalue weighted by Crippen LogP contribution is -2.23. The topological polar surface area (TPSA) is 65.3 Å². The van der Waals surface area contributed by atoms with Gasteiger partial charge in [0.05, 0.1) is 19.3 Å². The van der Waals surface area contributed by atoms with Crippen molar-refractivity contribution in [3.8, 4) is 6.07 Å². The normalized spacial score (nSPS) is 12.1. The van der Waals surface area contributed by atoms with Crippen LogP contribution in [-0.4, -0.2) is 25.4 Å². The summed E-state index contributed by atoms with van der Waals surface area (Å²) in [5.41, 5.74) is 1.93.